The second-order valence-electron chi connectivity index (χ2n) is 2.43. The third-order valence-corrected chi connectivity index (χ3v) is 2.45. The fraction of sp³-hybridized carbons (Fsp3) is 1.00. The normalized spacial score (nSPS) is 21.3. The van der Waals surface area contributed by atoms with Gasteiger partial charge in [-0.2, -0.15) is 17.2 Å². The Kier molecular flexibility index (Phi) is 4.18. The molecule has 1 aliphatic heterocycles. The van der Waals surface area contributed by atoms with E-state index in [4.69, 9.17) is 0 Å². The number of nitrogens with zero attached hydrogens (tertiary/aromatic N) is 2. The first-order valence-electron chi connectivity index (χ1n) is 3.93. The van der Waals surface area contributed by atoms with Gasteiger partial charge in [0.15, 0.2) is 0 Å². The van der Waals surface area contributed by atoms with Crippen LogP contribution in [0.25, 0.3) is 0 Å². The molecule has 1 heterocycles. The molecular weight excluding hydrogens is 144 g/mol. The predicted octanol–water partition coefficient (Wildman–Crippen LogP) is 0.965. The second kappa shape index (κ2) is 4.99. The van der Waals surface area contributed by atoms with Gasteiger partial charge < -0.3 is 0 Å². The Morgan fingerprint density at radius 1 is 1.40 bits per heavy atom. The van der Waals surface area contributed by atoms with Crippen molar-refractivity contribution < 1.29 is 0 Å². The van der Waals surface area contributed by atoms with Gasteiger partial charge in [0.1, 0.15) is 0 Å². The molecule has 0 aromatic carbocycles. The van der Waals surface area contributed by atoms with Gasteiger partial charge in [-0.1, -0.05) is 6.92 Å². The Labute approximate surface area is 67.3 Å². The number of hydrogen-bond donors (Lipinski definition) is 0. The SMILES string of the molecule is CCC[N]N1CCSCC1. The Balaban J connectivity index is 2.02. The van der Waals surface area contributed by atoms with Crippen LogP contribution in [0.3, 0.4) is 0 Å². The maximum absolute atomic E-state index is 4.42. The summed E-state index contributed by atoms with van der Waals surface area (Å²) in [4.78, 5) is 0. The van der Waals surface area contributed by atoms with Gasteiger partial charge in [-0.25, -0.2) is 5.01 Å². The maximum Gasteiger partial charge on any atom is 0.0304 e. The van der Waals surface area contributed by atoms with E-state index >= 15 is 0 Å². The van der Waals surface area contributed by atoms with E-state index < -0.39 is 0 Å². The van der Waals surface area contributed by atoms with Gasteiger partial charge >= 0.3 is 0 Å². The lowest BCUT2D eigenvalue weighted by atomic mass is 10.5. The largest absolute Gasteiger partial charge is 0.225 e. The minimum atomic E-state index is 1.00. The first-order valence-corrected chi connectivity index (χ1v) is 5.09. The zero-order chi connectivity index (χ0) is 7.23. The molecule has 1 radical (unpaired) electrons. The van der Waals surface area contributed by atoms with Crippen LogP contribution >= 0.6 is 11.8 Å². The van der Waals surface area contributed by atoms with E-state index in [1.54, 1.807) is 0 Å². The molecule has 0 amide bonds. The molecule has 59 valence electrons. The van der Waals surface area contributed by atoms with Crippen molar-refractivity contribution in [1.82, 2.24) is 10.4 Å². The summed E-state index contributed by atoms with van der Waals surface area (Å²) in [5, 5.41) is 2.21. The summed E-state index contributed by atoms with van der Waals surface area (Å²) in [6, 6.07) is 0. The standard InChI is InChI=1S/C7H15N2S/c1-2-3-8-9-4-6-10-7-5-9/h2-7H2,1H3. The Hall–Kier alpha value is 0.270. The molecule has 10 heavy (non-hydrogen) atoms. The van der Waals surface area contributed by atoms with Gasteiger partial charge in [-0.3, -0.25) is 0 Å². The minimum Gasteiger partial charge on any atom is -0.225 e. The average molecular weight is 159 g/mol. The van der Waals surface area contributed by atoms with E-state index in [-0.39, 0.29) is 0 Å². The van der Waals surface area contributed by atoms with Crippen molar-refractivity contribution in [3.05, 3.63) is 0 Å². The quantitative estimate of drug-likeness (QED) is 0.610. The average Bonchev–Trinajstić information content (AvgIpc) is 2.03. The molecule has 1 aliphatic rings. The Morgan fingerprint density at radius 2 is 2.10 bits per heavy atom. The zero-order valence-electron chi connectivity index (χ0n) is 6.55. The molecule has 0 unspecified atom stereocenters. The smallest absolute Gasteiger partial charge is 0.0304 e. The summed E-state index contributed by atoms with van der Waals surface area (Å²) in [6.45, 7) is 5.49. The van der Waals surface area contributed by atoms with Crippen LogP contribution in [0.15, 0.2) is 0 Å². The lowest BCUT2D eigenvalue weighted by Crippen LogP contribution is -2.38. The van der Waals surface area contributed by atoms with Gasteiger partial charge in [0.2, 0.25) is 0 Å². The summed E-state index contributed by atoms with van der Waals surface area (Å²) in [6.07, 6.45) is 1.17. The van der Waals surface area contributed by atoms with Crippen molar-refractivity contribution in [2.24, 2.45) is 0 Å². The van der Waals surface area contributed by atoms with Crippen LogP contribution in [0.4, 0.5) is 0 Å². The van der Waals surface area contributed by atoms with Crippen molar-refractivity contribution >= 4 is 11.8 Å². The number of rotatable bonds is 3. The van der Waals surface area contributed by atoms with E-state index in [2.05, 4.69) is 17.4 Å². The van der Waals surface area contributed by atoms with Gasteiger partial charge in [0.05, 0.1) is 0 Å². The highest BCUT2D eigenvalue weighted by atomic mass is 32.2. The van der Waals surface area contributed by atoms with Crippen molar-refractivity contribution in [1.29, 1.82) is 0 Å². The van der Waals surface area contributed by atoms with Crippen LogP contribution in [0.5, 0.6) is 0 Å². The predicted molar refractivity (Wildman–Crippen MR) is 46.2 cm³/mol. The second-order valence-corrected chi connectivity index (χ2v) is 3.66. The maximum atomic E-state index is 4.42. The Morgan fingerprint density at radius 3 is 2.70 bits per heavy atom. The summed E-state index contributed by atoms with van der Waals surface area (Å²) >= 11 is 2.03. The molecule has 2 nitrogen and oxygen atoms in total. The molecule has 0 atom stereocenters. The summed E-state index contributed by atoms with van der Waals surface area (Å²) < 4.78 is 0. The minimum absolute atomic E-state index is 1.00. The molecule has 0 aliphatic carbocycles. The zero-order valence-corrected chi connectivity index (χ0v) is 7.36. The van der Waals surface area contributed by atoms with Crippen LogP contribution in [-0.2, 0) is 0 Å². The lowest BCUT2D eigenvalue weighted by molar-refractivity contribution is 0.200. The Bertz CT molecular complexity index is 81.7. The van der Waals surface area contributed by atoms with E-state index in [1.165, 1.54) is 17.9 Å². The molecule has 0 bridgehead atoms. The number of thioether (sulfide) groups is 1. The van der Waals surface area contributed by atoms with Crippen molar-refractivity contribution in [3.63, 3.8) is 0 Å². The molecule has 1 rings (SSSR count). The molecule has 0 spiro atoms. The molecule has 0 N–H and O–H groups in total. The molecule has 1 saturated heterocycles. The highest BCUT2D eigenvalue weighted by molar-refractivity contribution is 7.99. The van der Waals surface area contributed by atoms with Gasteiger partial charge in [-0.05, 0) is 6.42 Å². The summed E-state index contributed by atoms with van der Waals surface area (Å²) in [5.74, 6) is 2.51. The van der Waals surface area contributed by atoms with Crippen LogP contribution in [-0.4, -0.2) is 36.1 Å². The van der Waals surface area contributed by atoms with Crippen molar-refractivity contribution in [2.45, 2.75) is 13.3 Å². The van der Waals surface area contributed by atoms with E-state index in [0.717, 1.165) is 19.6 Å². The van der Waals surface area contributed by atoms with E-state index in [0.29, 0.717) is 0 Å². The van der Waals surface area contributed by atoms with Crippen LogP contribution in [0.1, 0.15) is 13.3 Å². The molecule has 3 heteroatoms. The summed E-state index contributed by atoms with van der Waals surface area (Å²) in [5.41, 5.74) is 4.42. The fourth-order valence-corrected chi connectivity index (χ4v) is 1.82. The van der Waals surface area contributed by atoms with Gasteiger partial charge in [0.25, 0.3) is 0 Å². The third-order valence-electron chi connectivity index (χ3n) is 1.51. The first kappa shape index (κ1) is 8.37. The van der Waals surface area contributed by atoms with E-state index in [9.17, 15) is 0 Å². The van der Waals surface area contributed by atoms with Gasteiger partial charge in [0, 0.05) is 31.1 Å². The van der Waals surface area contributed by atoms with Crippen LogP contribution < -0.4 is 5.43 Å². The van der Waals surface area contributed by atoms with Crippen molar-refractivity contribution in [2.75, 3.05) is 31.1 Å². The molecular formula is C7H15N2S. The van der Waals surface area contributed by atoms with E-state index in [1.807, 2.05) is 11.8 Å². The van der Waals surface area contributed by atoms with Crippen LogP contribution in [0.2, 0.25) is 0 Å². The third kappa shape index (κ3) is 2.90. The lowest BCUT2D eigenvalue weighted by Gasteiger charge is -2.24. The summed E-state index contributed by atoms with van der Waals surface area (Å²) in [7, 11) is 0. The molecule has 1 fully saturated rings. The monoisotopic (exact) mass is 159 g/mol. The topological polar surface area (TPSA) is 17.3 Å². The highest BCUT2D eigenvalue weighted by Crippen LogP contribution is 2.06. The number of hydrogen-bond acceptors (Lipinski definition) is 2. The molecule has 0 aromatic rings. The first-order chi connectivity index (χ1) is 4.93. The fourth-order valence-electron chi connectivity index (χ4n) is 0.937. The van der Waals surface area contributed by atoms with Crippen molar-refractivity contribution in [3.8, 4) is 0 Å². The van der Waals surface area contributed by atoms with Crippen LogP contribution in [0, 0.1) is 0 Å². The van der Waals surface area contributed by atoms with Gasteiger partial charge in [-0.15, -0.1) is 0 Å². The molecule has 0 aromatic heterocycles. The molecule has 0 saturated carbocycles. The highest BCUT2D eigenvalue weighted by Gasteiger charge is 2.08.